The van der Waals surface area contributed by atoms with Crippen LogP contribution in [0.3, 0.4) is 0 Å². The van der Waals surface area contributed by atoms with Crippen LogP contribution in [0.5, 0.6) is 0 Å². The van der Waals surface area contributed by atoms with Crippen LogP contribution in [0, 0.1) is 0 Å². The summed E-state index contributed by atoms with van der Waals surface area (Å²) in [6, 6.07) is 6.57. The first-order chi connectivity index (χ1) is 9.82. The third-order valence-electron chi connectivity index (χ3n) is 3.30. The topological polar surface area (TPSA) is 43.8 Å². The molecule has 1 heterocycles. The molecule has 2 aromatic rings. The van der Waals surface area contributed by atoms with Gasteiger partial charge in [-0.15, -0.1) is 0 Å². The Labute approximate surface area is 129 Å². The smallest absolute Gasteiger partial charge is 0.326 e. The molecule has 2 atom stereocenters. The summed E-state index contributed by atoms with van der Waals surface area (Å²) in [5.41, 5.74) is 6.14. The van der Waals surface area contributed by atoms with Gasteiger partial charge in [0.1, 0.15) is 0 Å². The van der Waals surface area contributed by atoms with E-state index in [2.05, 4.69) is 21.0 Å². The summed E-state index contributed by atoms with van der Waals surface area (Å²) >= 11 is 3.33. The predicted octanol–water partition coefficient (Wildman–Crippen LogP) is 3.99. The maximum atomic E-state index is 12.7. The Hall–Kier alpha value is -1.34. The van der Waals surface area contributed by atoms with Crippen molar-refractivity contribution >= 4 is 15.9 Å². The molecule has 7 heteroatoms. The molecule has 0 aliphatic heterocycles. The fourth-order valence-corrected chi connectivity index (χ4v) is 2.38. The molecule has 1 aromatic heterocycles. The Morgan fingerprint density at radius 1 is 1.29 bits per heavy atom. The summed E-state index contributed by atoms with van der Waals surface area (Å²) in [7, 11) is 0. The van der Waals surface area contributed by atoms with Gasteiger partial charge in [0.2, 0.25) is 0 Å². The number of rotatable bonds is 4. The van der Waals surface area contributed by atoms with Crippen molar-refractivity contribution in [1.82, 2.24) is 9.78 Å². The number of alkyl halides is 3. The third-order valence-corrected chi connectivity index (χ3v) is 3.83. The molecule has 0 aliphatic carbocycles. The van der Waals surface area contributed by atoms with Gasteiger partial charge in [0.05, 0.1) is 17.8 Å². The molecule has 3 nitrogen and oxygen atoms in total. The number of halogens is 4. The van der Waals surface area contributed by atoms with Crippen molar-refractivity contribution in [3.63, 3.8) is 0 Å². The van der Waals surface area contributed by atoms with Gasteiger partial charge in [0.25, 0.3) is 0 Å². The molecular weight excluding hydrogens is 347 g/mol. The van der Waals surface area contributed by atoms with E-state index < -0.39 is 17.8 Å². The number of benzene rings is 1. The highest BCUT2D eigenvalue weighted by Crippen LogP contribution is 2.31. The maximum absolute atomic E-state index is 12.7. The first kappa shape index (κ1) is 16.0. The van der Waals surface area contributed by atoms with Crippen LogP contribution in [-0.4, -0.2) is 15.8 Å². The second-order valence-corrected chi connectivity index (χ2v) is 5.69. The molecule has 114 valence electrons. The van der Waals surface area contributed by atoms with Gasteiger partial charge in [-0.3, -0.25) is 4.68 Å². The maximum Gasteiger partial charge on any atom is 0.419 e. The highest BCUT2D eigenvalue weighted by atomic mass is 79.9. The van der Waals surface area contributed by atoms with E-state index in [1.165, 1.54) is 4.68 Å². The fourth-order valence-electron chi connectivity index (χ4n) is 2.12. The molecular formula is C14H15BrF3N3. The van der Waals surface area contributed by atoms with Crippen molar-refractivity contribution in [2.24, 2.45) is 5.73 Å². The molecule has 0 aliphatic rings. The van der Waals surface area contributed by atoms with Gasteiger partial charge in [-0.05, 0) is 24.1 Å². The lowest BCUT2D eigenvalue weighted by Gasteiger charge is -2.24. The predicted molar refractivity (Wildman–Crippen MR) is 77.8 cm³/mol. The van der Waals surface area contributed by atoms with E-state index >= 15 is 0 Å². The number of aromatic nitrogens is 2. The van der Waals surface area contributed by atoms with Crippen molar-refractivity contribution in [1.29, 1.82) is 0 Å². The van der Waals surface area contributed by atoms with Gasteiger partial charge in [-0.1, -0.05) is 35.0 Å². The van der Waals surface area contributed by atoms with Crippen LogP contribution >= 0.6 is 15.9 Å². The largest absolute Gasteiger partial charge is 0.419 e. The SMILES string of the molecule is CCC(N)C(c1ccc(Br)cc1)n1cc(C(F)(F)F)cn1. The van der Waals surface area contributed by atoms with Gasteiger partial charge < -0.3 is 5.73 Å². The third kappa shape index (κ3) is 3.65. The Kier molecular flexibility index (Phi) is 4.73. The van der Waals surface area contributed by atoms with Gasteiger partial charge in [0.15, 0.2) is 0 Å². The summed E-state index contributed by atoms with van der Waals surface area (Å²) in [5, 5.41) is 3.86. The molecule has 0 saturated carbocycles. The second-order valence-electron chi connectivity index (χ2n) is 4.78. The zero-order valence-corrected chi connectivity index (χ0v) is 12.9. The van der Waals surface area contributed by atoms with E-state index in [9.17, 15) is 13.2 Å². The lowest BCUT2D eigenvalue weighted by atomic mass is 9.98. The normalized spacial score (nSPS) is 15.0. The molecule has 0 bridgehead atoms. The monoisotopic (exact) mass is 361 g/mol. The molecule has 0 radical (unpaired) electrons. The van der Waals surface area contributed by atoms with Crippen LogP contribution < -0.4 is 5.73 Å². The highest BCUT2D eigenvalue weighted by molar-refractivity contribution is 9.10. The summed E-state index contributed by atoms with van der Waals surface area (Å²) < 4.78 is 40.3. The molecule has 0 fully saturated rings. The number of hydrogen-bond donors (Lipinski definition) is 1. The molecule has 2 N–H and O–H groups in total. The highest BCUT2D eigenvalue weighted by Gasteiger charge is 2.33. The Morgan fingerprint density at radius 3 is 2.38 bits per heavy atom. The molecule has 0 saturated heterocycles. The molecule has 0 amide bonds. The van der Waals surface area contributed by atoms with Crippen LogP contribution in [0.15, 0.2) is 41.1 Å². The molecule has 2 rings (SSSR count). The fraction of sp³-hybridized carbons (Fsp3) is 0.357. The van der Waals surface area contributed by atoms with Gasteiger partial charge in [0, 0.05) is 16.7 Å². The van der Waals surface area contributed by atoms with Crippen molar-refractivity contribution < 1.29 is 13.2 Å². The van der Waals surface area contributed by atoms with Crippen LogP contribution in [0.2, 0.25) is 0 Å². The van der Waals surface area contributed by atoms with E-state index in [1.54, 1.807) is 0 Å². The first-order valence-electron chi connectivity index (χ1n) is 6.45. The lowest BCUT2D eigenvalue weighted by molar-refractivity contribution is -0.137. The van der Waals surface area contributed by atoms with Crippen molar-refractivity contribution in [2.45, 2.75) is 31.6 Å². The summed E-state index contributed by atoms with van der Waals surface area (Å²) in [6.07, 6.45) is -1.95. The molecule has 2 unspecified atom stereocenters. The minimum Gasteiger partial charge on any atom is -0.326 e. The van der Waals surface area contributed by atoms with Crippen LogP contribution in [-0.2, 0) is 6.18 Å². The molecule has 21 heavy (non-hydrogen) atoms. The number of hydrogen-bond acceptors (Lipinski definition) is 2. The van der Waals surface area contributed by atoms with Crippen LogP contribution in [0.25, 0.3) is 0 Å². The minimum absolute atomic E-state index is 0.327. The second kappa shape index (κ2) is 6.19. The lowest BCUT2D eigenvalue weighted by Crippen LogP contribution is -2.32. The van der Waals surface area contributed by atoms with E-state index in [0.717, 1.165) is 22.4 Å². The Morgan fingerprint density at radius 2 is 1.90 bits per heavy atom. The zero-order chi connectivity index (χ0) is 15.6. The zero-order valence-electron chi connectivity index (χ0n) is 11.3. The summed E-state index contributed by atoms with van der Waals surface area (Å²) in [6.45, 7) is 1.89. The summed E-state index contributed by atoms with van der Waals surface area (Å²) in [5.74, 6) is 0. The molecule has 0 spiro atoms. The van der Waals surface area contributed by atoms with Crippen LogP contribution in [0.1, 0.15) is 30.5 Å². The number of nitrogens with zero attached hydrogens (tertiary/aromatic N) is 2. The quantitative estimate of drug-likeness (QED) is 0.894. The van der Waals surface area contributed by atoms with E-state index in [1.807, 2.05) is 31.2 Å². The Balaban J connectivity index is 2.41. The first-order valence-corrected chi connectivity index (χ1v) is 7.24. The van der Waals surface area contributed by atoms with E-state index in [4.69, 9.17) is 5.73 Å². The van der Waals surface area contributed by atoms with E-state index in [0.29, 0.717) is 6.42 Å². The van der Waals surface area contributed by atoms with E-state index in [-0.39, 0.29) is 6.04 Å². The minimum atomic E-state index is -4.40. The van der Waals surface area contributed by atoms with Crippen LogP contribution in [0.4, 0.5) is 13.2 Å². The standard InChI is InChI=1S/C14H15BrF3N3/c1-2-12(19)13(9-3-5-11(15)6-4-9)21-8-10(7-20-21)14(16,17)18/h3-8,12-13H,2,19H2,1H3. The average Bonchev–Trinajstić information content (AvgIpc) is 2.90. The number of nitrogens with two attached hydrogens (primary N) is 1. The average molecular weight is 362 g/mol. The van der Waals surface area contributed by atoms with Crippen molar-refractivity contribution in [3.05, 3.63) is 52.3 Å². The van der Waals surface area contributed by atoms with Crippen molar-refractivity contribution in [3.8, 4) is 0 Å². The molecule has 1 aromatic carbocycles. The Bertz CT molecular complexity index is 592. The van der Waals surface area contributed by atoms with Crippen molar-refractivity contribution in [2.75, 3.05) is 0 Å². The van der Waals surface area contributed by atoms with Gasteiger partial charge in [-0.25, -0.2) is 0 Å². The summed E-state index contributed by atoms with van der Waals surface area (Å²) in [4.78, 5) is 0. The van der Waals surface area contributed by atoms with Gasteiger partial charge in [-0.2, -0.15) is 18.3 Å². The van der Waals surface area contributed by atoms with Gasteiger partial charge >= 0.3 is 6.18 Å².